The molecule has 0 aliphatic heterocycles. The van der Waals surface area contributed by atoms with Crippen LogP contribution in [0.4, 0.5) is 5.69 Å². The first kappa shape index (κ1) is 14.3. The Bertz CT molecular complexity index is 745. The smallest absolute Gasteiger partial charge is 0.325 e. The third-order valence-electron chi connectivity index (χ3n) is 2.86. The monoisotopic (exact) mass is 312 g/mol. The van der Waals surface area contributed by atoms with Crippen molar-refractivity contribution in [3.63, 3.8) is 0 Å². The number of thioether (sulfide) groups is 1. The van der Waals surface area contributed by atoms with E-state index in [0.717, 1.165) is 16.5 Å². The van der Waals surface area contributed by atoms with Crippen LogP contribution in [-0.2, 0) is 4.79 Å². The molecule has 2 heterocycles. The van der Waals surface area contributed by atoms with E-state index in [2.05, 4.69) is 20.4 Å². The van der Waals surface area contributed by atoms with Crippen LogP contribution >= 0.6 is 11.8 Å². The van der Waals surface area contributed by atoms with E-state index in [1.165, 1.54) is 11.8 Å². The van der Waals surface area contributed by atoms with Crippen molar-refractivity contribution in [2.75, 3.05) is 11.1 Å². The van der Waals surface area contributed by atoms with Gasteiger partial charge in [0.15, 0.2) is 5.69 Å². The van der Waals surface area contributed by atoms with Crippen LogP contribution < -0.4 is 10.00 Å². The number of hydrogen-bond acceptors (Lipinski definition) is 4. The quantitative estimate of drug-likeness (QED) is 0.556. The van der Waals surface area contributed by atoms with E-state index in [4.69, 9.17) is 0 Å². The number of amides is 1. The Labute approximate surface area is 131 Å². The largest absolute Gasteiger partial charge is 0.385 e. The predicted molar refractivity (Wildman–Crippen MR) is 83.7 cm³/mol. The van der Waals surface area contributed by atoms with Crippen LogP contribution in [0, 0.1) is 0 Å². The lowest BCUT2D eigenvalue weighted by Gasteiger charge is -2.02. The number of anilines is 1. The third-order valence-corrected chi connectivity index (χ3v) is 3.82. The number of carbonyl (C=O) groups is 1. The molecular formula is C15H14N5OS+. The summed E-state index contributed by atoms with van der Waals surface area (Å²) in [6, 6.07) is 13.3. The second kappa shape index (κ2) is 6.86. The molecular weight excluding hydrogens is 298 g/mol. The molecule has 0 radical (unpaired) electrons. The molecule has 2 aromatic heterocycles. The number of H-pyrrole nitrogens is 1. The number of nitrogens with one attached hydrogen (secondary N) is 2. The number of carbonyl (C=O) groups excluding carboxylic acids is 1. The van der Waals surface area contributed by atoms with Gasteiger partial charge in [-0.1, -0.05) is 18.2 Å². The molecule has 0 saturated heterocycles. The number of aromatic amines is 1. The van der Waals surface area contributed by atoms with Crippen LogP contribution in [0.15, 0.2) is 66.3 Å². The summed E-state index contributed by atoms with van der Waals surface area (Å²) >= 11 is 1.37. The summed E-state index contributed by atoms with van der Waals surface area (Å²) in [6.07, 6.45) is 4.88. The first-order valence-electron chi connectivity index (χ1n) is 6.66. The summed E-state index contributed by atoms with van der Waals surface area (Å²) < 4.78 is 1.84. The third kappa shape index (κ3) is 3.50. The van der Waals surface area contributed by atoms with Crippen LogP contribution in [0.2, 0.25) is 0 Å². The minimum atomic E-state index is -0.0844. The van der Waals surface area contributed by atoms with Gasteiger partial charge in [0.25, 0.3) is 0 Å². The average molecular weight is 312 g/mol. The number of pyridine rings is 1. The van der Waals surface area contributed by atoms with Crippen LogP contribution in [0.1, 0.15) is 0 Å². The Morgan fingerprint density at radius 2 is 1.95 bits per heavy atom. The van der Waals surface area contributed by atoms with Crippen molar-refractivity contribution in [1.29, 1.82) is 0 Å². The van der Waals surface area contributed by atoms with Gasteiger partial charge in [-0.25, -0.2) is 0 Å². The van der Waals surface area contributed by atoms with Crippen LogP contribution in [0.25, 0.3) is 5.69 Å². The fraction of sp³-hybridized carbons (Fsp3) is 0.0667. The van der Waals surface area contributed by atoms with Gasteiger partial charge in [0.2, 0.25) is 12.2 Å². The number of benzene rings is 1. The highest BCUT2D eigenvalue weighted by molar-refractivity contribution is 7.99. The van der Waals surface area contributed by atoms with Crippen LogP contribution in [-0.4, -0.2) is 26.7 Å². The van der Waals surface area contributed by atoms with Crippen LogP contribution in [0.5, 0.6) is 0 Å². The van der Waals surface area contributed by atoms with Crippen molar-refractivity contribution in [3.05, 3.63) is 61.2 Å². The summed E-state index contributed by atoms with van der Waals surface area (Å²) in [5.41, 5.74) is 1.70. The average Bonchev–Trinajstić information content (AvgIpc) is 3.03. The molecule has 0 bridgehead atoms. The van der Waals surface area contributed by atoms with E-state index in [1.807, 2.05) is 35.0 Å². The lowest BCUT2D eigenvalue weighted by Crippen LogP contribution is -2.35. The topological polar surface area (TPSA) is 74.6 Å². The van der Waals surface area contributed by atoms with Crippen molar-refractivity contribution >= 4 is 23.4 Å². The highest BCUT2D eigenvalue weighted by Crippen LogP contribution is 2.13. The molecule has 0 atom stereocenters. The molecule has 0 aliphatic carbocycles. The second-order valence-corrected chi connectivity index (χ2v) is 5.36. The number of nitrogens with zero attached hydrogens (tertiary/aromatic N) is 3. The molecule has 1 amide bonds. The Morgan fingerprint density at radius 3 is 2.73 bits per heavy atom. The van der Waals surface area contributed by atoms with E-state index in [-0.39, 0.29) is 11.7 Å². The Balaban J connectivity index is 1.63. The fourth-order valence-corrected chi connectivity index (χ4v) is 2.63. The molecule has 3 aromatic rings. The van der Waals surface area contributed by atoms with Crippen molar-refractivity contribution in [2.24, 2.45) is 0 Å². The van der Waals surface area contributed by atoms with Crippen LogP contribution in [0.3, 0.4) is 0 Å². The minimum absolute atomic E-state index is 0.0844. The zero-order valence-corrected chi connectivity index (χ0v) is 12.5. The van der Waals surface area contributed by atoms with E-state index in [1.54, 1.807) is 30.9 Å². The first-order valence-corrected chi connectivity index (χ1v) is 7.65. The Hall–Kier alpha value is -2.67. The van der Waals surface area contributed by atoms with Gasteiger partial charge < -0.3 is 5.32 Å². The van der Waals surface area contributed by atoms with Gasteiger partial charge in [0.1, 0.15) is 0 Å². The molecule has 7 heteroatoms. The molecule has 0 aliphatic rings. The summed E-state index contributed by atoms with van der Waals surface area (Å²) in [5.74, 6) is 0.193. The van der Waals surface area contributed by atoms with Gasteiger partial charge in [-0.05, 0) is 41.0 Å². The second-order valence-electron chi connectivity index (χ2n) is 4.41. The summed E-state index contributed by atoms with van der Waals surface area (Å²) in [5, 5.41) is 6.59. The van der Waals surface area contributed by atoms with Gasteiger partial charge in [0, 0.05) is 18.1 Å². The van der Waals surface area contributed by atoms with Gasteiger partial charge in [0.05, 0.1) is 5.75 Å². The van der Waals surface area contributed by atoms with Crippen molar-refractivity contribution < 1.29 is 9.48 Å². The first-order chi connectivity index (χ1) is 10.8. The van der Waals surface area contributed by atoms with E-state index < -0.39 is 0 Å². The Kier molecular flexibility index (Phi) is 4.45. The fourth-order valence-electron chi connectivity index (χ4n) is 1.88. The van der Waals surface area contributed by atoms with E-state index in [0.29, 0.717) is 0 Å². The van der Waals surface area contributed by atoms with Gasteiger partial charge >= 0.3 is 5.16 Å². The minimum Gasteiger partial charge on any atom is -0.325 e. The maximum absolute atomic E-state index is 12.0. The highest BCUT2D eigenvalue weighted by Gasteiger charge is 2.18. The number of rotatable bonds is 5. The summed E-state index contributed by atoms with van der Waals surface area (Å²) in [7, 11) is 0. The summed E-state index contributed by atoms with van der Waals surface area (Å²) in [4.78, 5) is 20.1. The summed E-state index contributed by atoms with van der Waals surface area (Å²) in [6.45, 7) is 0. The van der Waals surface area contributed by atoms with Crippen molar-refractivity contribution in [2.45, 2.75) is 5.16 Å². The van der Waals surface area contributed by atoms with Gasteiger partial charge in [-0.2, -0.15) is 5.10 Å². The van der Waals surface area contributed by atoms with Crippen molar-refractivity contribution in [1.82, 2.24) is 15.1 Å². The zero-order chi connectivity index (χ0) is 15.2. The SMILES string of the molecule is O=C(CSc1nc[nH][n+]1-c1ccccc1)Nc1ccncc1. The molecule has 3 rings (SSSR count). The van der Waals surface area contributed by atoms with Gasteiger partial charge in [-0.3, -0.25) is 9.78 Å². The van der Waals surface area contributed by atoms with Crippen molar-refractivity contribution in [3.8, 4) is 5.69 Å². The molecule has 0 unspecified atom stereocenters. The molecule has 2 N–H and O–H groups in total. The normalized spacial score (nSPS) is 10.4. The van der Waals surface area contributed by atoms with E-state index in [9.17, 15) is 4.79 Å². The molecule has 1 aromatic carbocycles. The molecule has 0 spiro atoms. The lowest BCUT2D eigenvalue weighted by molar-refractivity contribution is -0.694. The lowest BCUT2D eigenvalue weighted by atomic mass is 10.3. The zero-order valence-electron chi connectivity index (χ0n) is 11.6. The number of para-hydroxylation sites is 1. The molecule has 0 saturated carbocycles. The number of hydrogen-bond donors (Lipinski definition) is 2. The Morgan fingerprint density at radius 1 is 1.18 bits per heavy atom. The standard InChI is InChI=1S/C15H13N5OS/c21-14(19-12-6-8-16-9-7-12)10-22-15-17-11-18-20(15)13-4-2-1-3-5-13/h1-9,11H,10H2,(H,16,19,21)/p+1. The maximum Gasteiger partial charge on any atom is 0.385 e. The van der Waals surface area contributed by atoms with Gasteiger partial charge in [-0.15, -0.1) is 4.68 Å². The molecule has 6 nitrogen and oxygen atoms in total. The maximum atomic E-state index is 12.0. The highest BCUT2D eigenvalue weighted by atomic mass is 32.2. The predicted octanol–water partition coefficient (Wildman–Crippen LogP) is 1.81. The molecule has 110 valence electrons. The van der Waals surface area contributed by atoms with E-state index >= 15 is 0 Å². The number of aromatic nitrogens is 4. The molecule has 22 heavy (non-hydrogen) atoms. The molecule has 0 fully saturated rings.